The Morgan fingerprint density at radius 3 is 2.58 bits per heavy atom. The monoisotopic (exact) mass is 283 g/mol. The number of benzene rings is 1. The predicted octanol–water partition coefficient (Wildman–Crippen LogP) is 0.933. The van der Waals surface area contributed by atoms with Crippen LogP contribution in [-0.2, 0) is 15.0 Å². The number of rotatable bonds is 5. The van der Waals surface area contributed by atoms with Crippen molar-refractivity contribution in [1.82, 2.24) is 5.32 Å². The van der Waals surface area contributed by atoms with E-state index in [0.29, 0.717) is 17.9 Å². The Labute approximate surface area is 115 Å². The van der Waals surface area contributed by atoms with E-state index < -0.39 is 24.0 Å². The second kappa shape index (κ2) is 5.19. The quantitative estimate of drug-likeness (QED) is 0.750. The number of carbonyl (C=O) groups excluding carboxylic acids is 1. The molecule has 1 fully saturated rings. The third-order valence-electron chi connectivity index (χ3n) is 3.35. The van der Waals surface area contributed by atoms with Crippen molar-refractivity contribution < 1.29 is 19.8 Å². The van der Waals surface area contributed by atoms with Gasteiger partial charge in [-0.25, -0.2) is 4.79 Å². The van der Waals surface area contributed by atoms with Gasteiger partial charge in [0.1, 0.15) is 6.04 Å². The molecule has 1 unspecified atom stereocenters. The third kappa shape index (κ3) is 2.72. The first kappa shape index (κ1) is 13.8. The molecule has 1 amide bonds. The number of carboxylic acids is 1. The molecule has 1 atom stereocenters. The van der Waals surface area contributed by atoms with E-state index in [9.17, 15) is 9.59 Å². The van der Waals surface area contributed by atoms with Crippen LogP contribution in [0.15, 0.2) is 24.3 Å². The lowest BCUT2D eigenvalue weighted by Crippen LogP contribution is -2.47. The molecule has 19 heavy (non-hydrogen) atoms. The summed E-state index contributed by atoms with van der Waals surface area (Å²) in [7, 11) is 0. The van der Waals surface area contributed by atoms with Crippen molar-refractivity contribution in [2.45, 2.75) is 24.3 Å². The Morgan fingerprint density at radius 2 is 2.11 bits per heavy atom. The molecule has 1 aromatic carbocycles. The number of halogens is 1. The zero-order valence-electron chi connectivity index (χ0n) is 10.1. The smallest absolute Gasteiger partial charge is 0.328 e. The van der Waals surface area contributed by atoms with Crippen LogP contribution in [0.25, 0.3) is 0 Å². The Bertz CT molecular complexity index is 513. The zero-order chi connectivity index (χ0) is 14.0. The maximum atomic E-state index is 12.2. The lowest BCUT2D eigenvalue weighted by Gasteiger charge is -2.19. The average Bonchev–Trinajstić information content (AvgIpc) is 3.16. The maximum absolute atomic E-state index is 12.2. The third-order valence-corrected chi connectivity index (χ3v) is 3.58. The second-order valence-corrected chi connectivity index (χ2v) is 5.08. The minimum atomic E-state index is -1.27. The summed E-state index contributed by atoms with van der Waals surface area (Å²) in [6, 6.07) is 5.71. The molecule has 0 spiro atoms. The van der Waals surface area contributed by atoms with Gasteiger partial charge >= 0.3 is 5.97 Å². The summed E-state index contributed by atoms with van der Waals surface area (Å²) in [5.74, 6) is -1.63. The highest BCUT2D eigenvalue weighted by atomic mass is 35.5. The summed E-state index contributed by atoms with van der Waals surface area (Å²) in [5, 5.41) is 20.6. The van der Waals surface area contributed by atoms with E-state index in [4.69, 9.17) is 21.8 Å². The second-order valence-electron chi connectivity index (χ2n) is 4.64. The van der Waals surface area contributed by atoms with Crippen LogP contribution in [0.5, 0.6) is 0 Å². The van der Waals surface area contributed by atoms with Crippen molar-refractivity contribution in [1.29, 1.82) is 0 Å². The van der Waals surface area contributed by atoms with Crippen molar-refractivity contribution in [3.8, 4) is 0 Å². The Morgan fingerprint density at radius 1 is 1.42 bits per heavy atom. The van der Waals surface area contributed by atoms with Gasteiger partial charge < -0.3 is 15.5 Å². The van der Waals surface area contributed by atoms with Crippen molar-refractivity contribution in [3.05, 3.63) is 34.9 Å². The summed E-state index contributed by atoms with van der Waals surface area (Å²) < 4.78 is 0. The number of aliphatic carboxylic acids is 1. The van der Waals surface area contributed by atoms with E-state index in [2.05, 4.69) is 5.32 Å². The minimum absolute atomic E-state index is 0.379. The molecule has 102 valence electrons. The van der Waals surface area contributed by atoms with E-state index in [1.54, 1.807) is 24.3 Å². The van der Waals surface area contributed by atoms with Crippen LogP contribution in [0.2, 0.25) is 5.02 Å². The molecule has 0 heterocycles. The largest absolute Gasteiger partial charge is 0.480 e. The van der Waals surface area contributed by atoms with Crippen molar-refractivity contribution in [2.24, 2.45) is 0 Å². The molecular weight excluding hydrogens is 270 g/mol. The van der Waals surface area contributed by atoms with Crippen LogP contribution in [0.1, 0.15) is 18.4 Å². The Balaban J connectivity index is 2.17. The van der Waals surface area contributed by atoms with Crippen LogP contribution in [0.4, 0.5) is 0 Å². The molecule has 0 saturated heterocycles. The number of hydrogen-bond acceptors (Lipinski definition) is 3. The fraction of sp³-hybridized carbons (Fsp3) is 0.385. The summed E-state index contributed by atoms with van der Waals surface area (Å²) in [6.45, 7) is -0.632. The highest BCUT2D eigenvalue weighted by Crippen LogP contribution is 2.48. The molecule has 1 aliphatic rings. The van der Waals surface area contributed by atoms with Crippen molar-refractivity contribution in [2.75, 3.05) is 6.61 Å². The molecule has 2 rings (SSSR count). The van der Waals surface area contributed by atoms with Gasteiger partial charge in [-0.3, -0.25) is 4.79 Å². The Hall–Kier alpha value is -1.59. The molecule has 1 aliphatic carbocycles. The summed E-state index contributed by atoms with van der Waals surface area (Å²) in [6.07, 6.45) is 1.30. The molecule has 5 nitrogen and oxygen atoms in total. The number of carbonyl (C=O) groups is 2. The molecule has 1 aromatic rings. The van der Waals surface area contributed by atoms with Crippen LogP contribution in [0.3, 0.4) is 0 Å². The highest BCUT2D eigenvalue weighted by Gasteiger charge is 2.52. The first-order valence-corrected chi connectivity index (χ1v) is 6.28. The maximum Gasteiger partial charge on any atom is 0.328 e. The van der Waals surface area contributed by atoms with E-state index in [1.807, 2.05) is 0 Å². The fourth-order valence-electron chi connectivity index (χ4n) is 2.04. The van der Waals surface area contributed by atoms with Crippen LogP contribution >= 0.6 is 11.6 Å². The lowest BCUT2D eigenvalue weighted by molar-refractivity contribution is -0.143. The number of carboxylic acid groups (broad SMARTS) is 1. The molecular formula is C13H14ClNO4. The first-order valence-electron chi connectivity index (χ1n) is 5.90. The van der Waals surface area contributed by atoms with Gasteiger partial charge in [0.15, 0.2) is 0 Å². The number of nitrogens with one attached hydrogen (secondary N) is 1. The minimum Gasteiger partial charge on any atom is -0.480 e. The van der Waals surface area contributed by atoms with Crippen molar-refractivity contribution in [3.63, 3.8) is 0 Å². The standard InChI is InChI=1S/C13H14ClNO4/c14-9-3-1-2-8(6-9)13(4-5-13)12(19)15-10(7-16)11(17)18/h1-3,6,10,16H,4-5,7H2,(H,15,19)(H,17,18). The number of aliphatic hydroxyl groups is 1. The normalized spacial score (nSPS) is 17.6. The number of hydrogen-bond donors (Lipinski definition) is 3. The van der Waals surface area contributed by atoms with E-state index in [-0.39, 0.29) is 5.91 Å². The van der Waals surface area contributed by atoms with Crippen LogP contribution in [0, 0.1) is 0 Å². The van der Waals surface area contributed by atoms with Crippen LogP contribution < -0.4 is 5.32 Å². The molecule has 1 saturated carbocycles. The zero-order valence-corrected chi connectivity index (χ0v) is 10.9. The first-order chi connectivity index (χ1) is 8.99. The summed E-state index contributed by atoms with van der Waals surface area (Å²) in [5.41, 5.74) is 0.0768. The molecule has 6 heteroatoms. The van der Waals surface area contributed by atoms with Gasteiger partial charge in [0.25, 0.3) is 0 Å². The van der Waals surface area contributed by atoms with Gasteiger partial charge in [-0.1, -0.05) is 23.7 Å². The summed E-state index contributed by atoms with van der Waals surface area (Å²) in [4.78, 5) is 23.0. The van der Waals surface area contributed by atoms with E-state index in [0.717, 1.165) is 5.56 Å². The Kier molecular flexibility index (Phi) is 3.78. The topological polar surface area (TPSA) is 86.6 Å². The van der Waals surface area contributed by atoms with E-state index >= 15 is 0 Å². The molecule has 0 bridgehead atoms. The number of aliphatic hydroxyl groups excluding tert-OH is 1. The van der Waals surface area contributed by atoms with Gasteiger partial charge in [-0.15, -0.1) is 0 Å². The average molecular weight is 284 g/mol. The van der Waals surface area contributed by atoms with Gasteiger partial charge in [-0.05, 0) is 30.5 Å². The predicted molar refractivity (Wildman–Crippen MR) is 69.0 cm³/mol. The molecule has 0 radical (unpaired) electrons. The van der Waals surface area contributed by atoms with Crippen LogP contribution in [-0.4, -0.2) is 34.7 Å². The molecule has 0 aliphatic heterocycles. The van der Waals surface area contributed by atoms with Crippen molar-refractivity contribution >= 4 is 23.5 Å². The number of amides is 1. The highest BCUT2D eigenvalue weighted by molar-refractivity contribution is 6.30. The lowest BCUT2D eigenvalue weighted by atomic mass is 9.94. The SMILES string of the molecule is O=C(O)C(CO)NC(=O)C1(c2cccc(Cl)c2)CC1. The van der Waals surface area contributed by atoms with Gasteiger partial charge in [-0.2, -0.15) is 0 Å². The molecule has 3 N–H and O–H groups in total. The fourth-order valence-corrected chi connectivity index (χ4v) is 2.23. The van der Waals surface area contributed by atoms with Gasteiger partial charge in [0.05, 0.1) is 12.0 Å². The van der Waals surface area contributed by atoms with Gasteiger partial charge in [0, 0.05) is 5.02 Å². The van der Waals surface area contributed by atoms with E-state index in [1.165, 1.54) is 0 Å². The summed E-state index contributed by atoms with van der Waals surface area (Å²) >= 11 is 5.90. The molecule has 0 aromatic heterocycles. The van der Waals surface area contributed by atoms with Gasteiger partial charge in [0.2, 0.25) is 5.91 Å².